The van der Waals surface area contributed by atoms with Crippen LogP contribution in [0.15, 0.2) is 20.5 Å². The van der Waals surface area contributed by atoms with Crippen molar-refractivity contribution in [2.45, 2.75) is 130 Å². The molecule has 0 radical (unpaired) electrons. The number of aliphatic hydroxyl groups excluding tert-OH is 3. The Morgan fingerprint density at radius 3 is 1.43 bits per heavy atom. The summed E-state index contributed by atoms with van der Waals surface area (Å²) in [6.07, 6.45) is 5.96. The van der Waals surface area contributed by atoms with E-state index in [4.69, 9.17) is 0 Å². The Hall–Kier alpha value is -1.10. The molecule has 5 aliphatic carbocycles. The average Bonchev–Trinajstić information content (AvgIpc) is 2.95. The molecule has 0 saturated heterocycles. The van der Waals surface area contributed by atoms with Crippen molar-refractivity contribution < 1.29 is 41.3 Å². The minimum atomic E-state index is -4.17. The second-order valence-corrected chi connectivity index (χ2v) is 16.6. The van der Waals surface area contributed by atoms with E-state index in [-0.39, 0.29) is 55.2 Å². The summed E-state index contributed by atoms with van der Waals surface area (Å²) in [6.45, 7) is -0.333. The highest BCUT2D eigenvalue weighted by molar-refractivity contribution is 7.86. The molecule has 13 unspecified atom stereocenters. The van der Waals surface area contributed by atoms with Crippen LogP contribution < -0.4 is 0 Å². The third-order valence-corrected chi connectivity index (χ3v) is 13.7. The Labute approximate surface area is 248 Å². The first-order chi connectivity index (χ1) is 19.9. The molecule has 13 atom stereocenters. The molecule has 5 N–H and O–H groups in total. The lowest BCUT2D eigenvalue weighted by Crippen LogP contribution is -2.53. The van der Waals surface area contributed by atoms with E-state index in [0.29, 0.717) is 32.1 Å². The highest BCUT2D eigenvalue weighted by Gasteiger charge is 2.49. The lowest BCUT2D eigenvalue weighted by molar-refractivity contribution is -0.0488. The maximum Gasteiger partial charge on any atom is 0.268 e. The second kappa shape index (κ2) is 13.1. The SMILES string of the molecule is O=S(=O)(O)C1CCC(N=NC2CC(CO)C(O)C(N=NC3CCC(S(=O)(=O)O)C4CCCCC34)C2O)C2CCCCC21. The molecule has 5 saturated carbocycles. The topological polar surface area (TPSA) is 219 Å². The van der Waals surface area contributed by atoms with Gasteiger partial charge in [0.25, 0.3) is 20.2 Å². The van der Waals surface area contributed by atoms with Gasteiger partial charge in [-0.3, -0.25) is 9.11 Å². The van der Waals surface area contributed by atoms with Gasteiger partial charge in [-0.05, 0) is 81.5 Å². The van der Waals surface area contributed by atoms with Crippen molar-refractivity contribution in [1.82, 2.24) is 0 Å². The van der Waals surface area contributed by atoms with Crippen LogP contribution in [-0.2, 0) is 20.2 Å². The fraction of sp³-hybridized carbons (Fsp3) is 1.00. The molecule has 0 aromatic heterocycles. The molecule has 5 fully saturated rings. The van der Waals surface area contributed by atoms with Gasteiger partial charge in [0.05, 0.1) is 34.7 Å². The van der Waals surface area contributed by atoms with Crippen molar-refractivity contribution in [2.75, 3.05) is 6.61 Å². The number of fused-ring (bicyclic) bond motifs is 2. The van der Waals surface area contributed by atoms with Crippen LogP contribution in [0.1, 0.15) is 83.5 Å². The van der Waals surface area contributed by atoms with Crippen molar-refractivity contribution >= 4 is 20.2 Å². The molecule has 5 aliphatic rings. The summed E-state index contributed by atoms with van der Waals surface area (Å²) in [5, 5.41) is 48.6. The molecular formula is C27H46N4O9S2. The normalized spacial score (nSPS) is 45.5. The zero-order chi connectivity index (χ0) is 30.2. The minimum Gasteiger partial charge on any atom is -0.396 e. The minimum absolute atomic E-state index is 0.0278. The summed E-state index contributed by atoms with van der Waals surface area (Å²) in [5.74, 6) is -1.09. The number of rotatable bonds is 7. The lowest BCUT2D eigenvalue weighted by atomic mass is 9.68. The summed E-state index contributed by atoms with van der Waals surface area (Å²) < 4.78 is 67.6. The van der Waals surface area contributed by atoms with E-state index in [9.17, 15) is 41.3 Å². The first kappa shape index (κ1) is 32.3. The van der Waals surface area contributed by atoms with Crippen LogP contribution in [0.5, 0.6) is 0 Å². The van der Waals surface area contributed by atoms with Crippen LogP contribution in [0.2, 0.25) is 0 Å². The van der Waals surface area contributed by atoms with Crippen molar-refractivity contribution in [3.05, 3.63) is 0 Å². The third-order valence-electron chi connectivity index (χ3n) is 11.0. The predicted molar refractivity (Wildman–Crippen MR) is 152 cm³/mol. The van der Waals surface area contributed by atoms with Gasteiger partial charge in [0.15, 0.2) is 0 Å². The van der Waals surface area contributed by atoms with E-state index in [1.54, 1.807) is 0 Å². The van der Waals surface area contributed by atoms with Crippen LogP contribution in [0.25, 0.3) is 0 Å². The molecule has 15 heteroatoms. The largest absolute Gasteiger partial charge is 0.396 e. The molecule has 0 aromatic rings. The Balaban J connectivity index is 1.30. The quantitative estimate of drug-likeness (QED) is 0.205. The van der Waals surface area contributed by atoms with Gasteiger partial charge in [-0.25, -0.2) is 0 Å². The van der Waals surface area contributed by atoms with Gasteiger partial charge >= 0.3 is 0 Å². The maximum absolute atomic E-state index is 12.0. The Bertz CT molecular complexity index is 1220. The molecule has 0 amide bonds. The molecule has 0 aliphatic heterocycles. The monoisotopic (exact) mass is 634 g/mol. The van der Waals surface area contributed by atoms with Crippen LogP contribution in [-0.4, -0.2) is 94.7 Å². The Morgan fingerprint density at radius 1 is 0.548 bits per heavy atom. The fourth-order valence-electron chi connectivity index (χ4n) is 8.87. The first-order valence-corrected chi connectivity index (χ1v) is 18.6. The van der Waals surface area contributed by atoms with Gasteiger partial charge in [0, 0.05) is 12.5 Å². The zero-order valence-corrected chi connectivity index (χ0v) is 25.5. The lowest BCUT2D eigenvalue weighted by Gasteiger charge is -2.43. The van der Waals surface area contributed by atoms with Crippen LogP contribution in [0, 0.1) is 29.6 Å². The Kier molecular flexibility index (Phi) is 10.1. The summed E-state index contributed by atoms with van der Waals surface area (Å²) in [7, 11) is -8.32. The van der Waals surface area contributed by atoms with Gasteiger partial charge in [-0.2, -0.15) is 37.3 Å². The van der Waals surface area contributed by atoms with Crippen molar-refractivity contribution in [1.29, 1.82) is 0 Å². The summed E-state index contributed by atoms with van der Waals surface area (Å²) in [5.41, 5.74) is 0. The van der Waals surface area contributed by atoms with E-state index in [2.05, 4.69) is 20.5 Å². The first-order valence-electron chi connectivity index (χ1n) is 15.6. The van der Waals surface area contributed by atoms with E-state index < -0.39 is 60.9 Å². The molecule has 0 aromatic carbocycles. The van der Waals surface area contributed by atoms with E-state index >= 15 is 0 Å². The molecule has 240 valence electrons. The summed E-state index contributed by atoms with van der Waals surface area (Å²) in [4.78, 5) is 0. The maximum atomic E-state index is 12.0. The molecule has 0 heterocycles. The smallest absolute Gasteiger partial charge is 0.268 e. The van der Waals surface area contributed by atoms with Crippen LogP contribution >= 0.6 is 0 Å². The van der Waals surface area contributed by atoms with Gasteiger partial charge < -0.3 is 15.3 Å². The molecule has 42 heavy (non-hydrogen) atoms. The third kappa shape index (κ3) is 6.76. The number of hydrogen-bond acceptors (Lipinski definition) is 11. The zero-order valence-electron chi connectivity index (χ0n) is 23.9. The summed E-state index contributed by atoms with van der Waals surface area (Å²) >= 11 is 0. The van der Waals surface area contributed by atoms with Gasteiger partial charge in [-0.1, -0.05) is 25.7 Å². The van der Waals surface area contributed by atoms with E-state index in [1.165, 1.54) is 0 Å². The Morgan fingerprint density at radius 2 is 0.976 bits per heavy atom. The molecule has 13 nitrogen and oxygen atoms in total. The molecular weight excluding hydrogens is 588 g/mol. The van der Waals surface area contributed by atoms with Crippen molar-refractivity contribution in [2.24, 2.45) is 50.0 Å². The van der Waals surface area contributed by atoms with E-state index in [0.717, 1.165) is 38.5 Å². The van der Waals surface area contributed by atoms with Crippen LogP contribution in [0.4, 0.5) is 0 Å². The number of hydrogen-bond donors (Lipinski definition) is 5. The average molecular weight is 635 g/mol. The van der Waals surface area contributed by atoms with Crippen LogP contribution in [0.3, 0.4) is 0 Å². The standard InChI is InChI=1S/C27H46N4O9S2/c32-14-15-13-22(30-28-20-9-11-23(41(35,36)37)18-7-3-1-5-16(18)20)27(34)25(26(15)33)31-29-21-10-12-24(42(38,39)40)19-8-4-2-6-17(19)21/h15-27,32-34H,1-14H2,(H,35,36,37)(H,38,39,40). The number of aliphatic hydroxyl groups is 3. The van der Waals surface area contributed by atoms with Crippen molar-refractivity contribution in [3.8, 4) is 0 Å². The fourth-order valence-corrected chi connectivity index (χ4v) is 11.3. The second-order valence-electron chi connectivity index (χ2n) is 13.3. The highest BCUT2D eigenvalue weighted by Crippen LogP contribution is 2.46. The molecule has 0 spiro atoms. The van der Waals surface area contributed by atoms with Gasteiger partial charge in [0.1, 0.15) is 12.1 Å². The van der Waals surface area contributed by atoms with Crippen molar-refractivity contribution in [3.63, 3.8) is 0 Å². The number of nitrogens with zero attached hydrogens (tertiary/aromatic N) is 4. The van der Waals surface area contributed by atoms with E-state index in [1.807, 2.05) is 0 Å². The summed E-state index contributed by atoms with van der Waals surface area (Å²) in [6, 6.07) is -2.31. The molecule has 0 bridgehead atoms. The van der Waals surface area contributed by atoms with Gasteiger partial charge in [0.2, 0.25) is 0 Å². The van der Waals surface area contributed by atoms with Gasteiger partial charge in [-0.15, -0.1) is 0 Å². The molecule has 5 rings (SSSR count). The number of azo groups is 2. The highest BCUT2D eigenvalue weighted by atomic mass is 32.2. The predicted octanol–water partition coefficient (Wildman–Crippen LogP) is 2.81.